The molecule has 1 aromatic carbocycles. The van der Waals surface area contributed by atoms with Crippen LogP contribution in [0.5, 0.6) is 5.75 Å². The van der Waals surface area contributed by atoms with Gasteiger partial charge in [0.25, 0.3) is 0 Å². The number of para-hydroxylation sites is 1. The molecule has 0 atom stereocenters. The van der Waals surface area contributed by atoms with Gasteiger partial charge in [-0.2, -0.15) is 0 Å². The molecular weight excluding hydrogens is 220 g/mol. The van der Waals surface area contributed by atoms with Crippen LogP contribution in [-0.2, 0) is 20.9 Å². The molecule has 0 fully saturated rings. The Kier molecular flexibility index (Phi) is 4.69. The lowest BCUT2D eigenvalue weighted by Gasteiger charge is -2.11. The summed E-state index contributed by atoms with van der Waals surface area (Å²) in [5.74, 6) is -0.431. The molecule has 0 radical (unpaired) electrons. The van der Waals surface area contributed by atoms with Gasteiger partial charge >= 0.3 is 11.9 Å². The predicted molar refractivity (Wildman–Crippen MR) is 62.4 cm³/mol. The van der Waals surface area contributed by atoms with E-state index in [4.69, 9.17) is 9.47 Å². The van der Waals surface area contributed by atoms with Crippen molar-refractivity contribution in [1.29, 1.82) is 0 Å². The Morgan fingerprint density at radius 2 is 1.88 bits per heavy atom. The fraction of sp³-hybridized carbons (Fsp3) is 0.385. The molecule has 0 unspecified atom stereocenters. The zero-order valence-electron chi connectivity index (χ0n) is 10.2. The summed E-state index contributed by atoms with van der Waals surface area (Å²) >= 11 is 0. The average molecular weight is 236 g/mol. The quantitative estimate of drug-likeness (QED) is 0.594. The van der Waals surface area contributed by atoms with Crippen LogP contribution in [0.15, 0.2) is 24.3 Å². The summed E-state index contributed by atoms with van der Waals surface area (Å²) in [5.41, 5.74) is 0.678. The van der Waals surface area contributed by atoms with Crippen LogP contribution in [0, 0.1) is 5.92 Å². The van der Waals surface area contributed by atoms with E-state index in [-0.39, 0.29) is 24.5 Å². The maximum absolute atomic E-state index is 11.5. The van der Waals surface area contributed by atoms with Crippen molar-refractivity contribution in [3.05, 3.63) is 29.8 Å². The van der Waals surface area contributed by atoms with Gasteiger partial charge in [-0.1, -0.05) is 32.0 Å². The number of hydrogen-bond donors (Lipinski definition) is 0. The summed E-state index contributed by atoms with van der Waals surface area (Å²) in [5, 5.41) is 0. The van der Waals surface area contributed by atoms with Gasteiger partial charge in [0.1, 0.15) is 12.4 Å². The highest BCUT2D eigenvalue weighted by atomic mass is 16.5. The largest absolute Gasteiger partial charge is 0.461 e. The maximum Gasteiger partial charge on any atom is 0.313 e. The third-order valence-corrected chi connectivity index (χ3v) is 2.09. The van der Waals surface area contributed by atoms with Crippen LogP contribution >= 0.6 is 0 Å². The topological polar surface area (TPSA) is 52.6 Å². The van der Waals surface area contributed by atoms with Gasteiger partial charge < -0.3 is 9.47 Å². The molecule has 0 aliphatic carbocycles. The second-order valence-electron chi connectivity index (χ2n) is 3.96. The Morgan fingerprint density at radius 1 is 1.24 bits per heavy atom. The van der Waals surface area contributed by atoms with E-state index in [1.54, 1.807) is 38.1 Å². The van der Waals surface area contributed by atoms with Crippen molar-refractivity contribution >= 4 is 11.9 Å². The number of rotatable bonds is 4. The van der Waals surface area contributed by atoms with E-state index in [0.29, 0.717) is 11.3 Å². The second-order valence-corrected chi connectivity index (χ2v) is 3.96. The number of hydrogen-bond acceptors (Lipinski definition) is 4. The molecule has 0 spiro atoms. The molecule has 0 aliphatic heterocycles. The molecule has 1 aromatic rings. The molecule has 0 saturated carbocycles. The summed E-state index contributed by atoms with van der Waals surface area (Å²) in [6, 6.07) is 7.00. The van der Waals surface area contributed by atoms with E-state index in [1.807, 2.05) is 0 Å². The van der Waals surface area contributed by atoms with Gasteiger partial charge in [-0.15, -0.1) is 0 Å². The van der Waals surface area contributed by atoms with E-state index < -0.39 is 0 Å². The van der Waals surface area contributed by atoms with E-state index in [2.05, 4.69) is 0 Å². The first-order chi connectivity index (χ1) is 8.00. The van der Waals surface area contributed by atoms with Gasteiger partial charge in [0, 0.05) is 12.5 Å². The number of benzene rings is 1. The van der Waals surface area contributed by atoms with Gasteiger partial charge in [0.15, 0.2) is 0 Å². The number of carbonyl (C=O) groups excluding carboxylic acids is 2. The van der Waals surface area contributed by atoms with E-state index >= 15 is 0 Å². The number of ether oxygens (including phenoxy) is 2. The first-order valence-electron chi connectivity index (χ1n) is 5.43. The van der Waals surface area contributed by atoms with Crippen LogP contribution in [0.3, 0.4) is 0 Å². The Morgan fingerprint density at radius 3 is 2.47 bits per heavy atom. The van der Waals surface area contributed by atoms with Crippen molar-refractivity contribution in [1.82, 2.24) is 0 Å². The highest BCUT2D eigenvalue weighted by molar-refractivity contribution is 5.74. The van der Waals surface area contributed by atoms with Crippen LogP contribution < -0.4 is 4.74 Å². The molecule has 17 heavy (non-hydrogen) atoms. The zero-order chi connectivity index (χ0) is 12.8. The molecular formula is C13H16O4. The van der Waals surface area contributed by atoms with Crippen molar-refractivity contribution < 1.29 is 19.1 Å². The van der Waals surface area contributed by atoms with Gasteiger partial charge in [-0.3, -0.25) is 9.59 Å². The molecule has 0 bridgehead atoms. The van der Waals surface area contributed by atoms with Crippen molar-refractivity contribution in [2.75, 3.05) is 0 Å². The van der Waals surface area contributed by atoms with Crippen molar-refractivity contribution in [3.63, 3.8) is 0 Å². The SMILES string of the molecule is CC(=O)OCc1ccccc1OC(=O)C(C)C. The lowest BCUT2D eigenvalue weighted by molar-refractivity contribution is -0.142. The molecule has 4 heteroatoms. The minimum atomic E-state index is -0.366. The average Bonchev–Trinajstić information content (AvgIpc) is 2.27. The fourth-order valence-corrected chi connectivity index (χ4v) is 1.13. The van der Waals surface area contributed by atoms with E-state index in [9.17, 15) is 9.59 Å². The summed E-state index contributed by atoms with van der Waals surface area (Å²) in [4.78, 5) is 22.2. The van der Waals surface area contributed by atoms with Crippen LogP contribution in [0.1, 0.15) is 26.3 Å². The molecule has 0 heterocycles. The van der Waals surface area contributed by atoms with Crippen LogP contribution in [-0.4, -0.2) is 11.9 Å². The van der Waals surface area contributed by atoms with Crippen LogP contribution in [0.2, 0.25) is 0 Å². The molecule has 4 nitrogen and oxygen atoms in total. The Labute approximate surface area is 101 Å². The highest BCUT2D eigenvalue weighted by Crippen LogP contribution is 2.20. The van der Waals surface area contributed by atoms with Crippen LogP contribution in [0.25, 0.3) is 0 Å². The summed E-state index contributed by atoms with van der Waals surface area (Å²) in [6.07, 6.45) is 0. The molecule has 0 N–H and O–H groups in total. The Balaban J connectivity index is 2.77. The predicted octanol–water partition coefficient (Wildman–Crippen LogP) is 2.31. The first kappa shape index (κ1) is 13.2. The highest BCUT2D eigenvalue weighted by Gasteiger charge is 2.12. The standard InChI is InChI=1S/C13H16O4/c1-9(2)13(15)17-12-7-5-4-6-11(12)8-16-10(3)14/h4-7,9H,8H2,1-3H3. The van der Waals surface area contributed by atoms with Gasteiger partial charge in [-0.25, -0.2) is 0 Å². The maximum atomic E-state index is 11.5. The molecule has 0 aliphatic rings. The van der Waals surface area contributed by atoms with Gasteiger partial charge in [-0.05, 0) is 6.07 Å². The minimum absolute atomic E-state index is 0.108. The Hall–Kier alpha value is -1.84. The van der Waals surface area contributed by atoms with E-state index in [0.717, 1.165) is 0 Å². The van der Waals surface area contributed by atoms with Crippen molar-refractivity contribution in [2.24, 2.45) is 5.92 Å². The monoisotopic (exact) mass is 236 g/mol. The minimum Gasteiger partial charge on any atom is -0.461 e. The molecule has 92 valence electrons. The summed E-state index contributed by atoms with van der Waals surface area (Å²) in [7, 11) is 0. The molecule has 0 aromatic heterocycles. The fourth-order valence-electron chi connectivity index (χ4n) is 1.13. The molecule has 0 saturated heterocycles. The zero-order valence-corrected chi connectivity index (χ0v) is 10.2. The molecule has 1 rings (SSSR count). The first-order valence-corrected chi connectivity index (χ1v) is 5.43. The third kappa shape index (κ3) is 4.26. The number of carbonyl (C=O) groups is 2. The number of esters is 2. The Bertz CT molecular complexity index is 410. The van der Waals surface area contributed by atoms with Gasteiger partial charge in [0.2, 0.25) is 0 Å². The third-order valence-electron chi connectivity index (χ3n) is 2.09. The summed E-state index contributed by atoms with van der Waals surface area (Å²) < 4.78 is 10.1. The second kappa shape index (κ2) is 6.03. The summed E-state index contributed by atoms with van der Waals surface area (Å²) in [6.45, 7) is 4.97. The lowest BCUT2D eigenvalue weighted by Crippen LogP contribution is -2.16. The smallest absolute Gasteiger partial charge is 0.313 e. The lowest BCUT2D eigenvalue weighted by atomic mass is 10.2. The molecule has 0 amide bonds. The van der Waals surface area contributed by atoms with Crippen molar-refractivity contribution in [3.8, 4) is 5.75 Å². The normalized spacial score (nSPS) is 10.1. The van der Waals surface area contributed by atoms with E-state index in [1.165, 1.54) is 6.92 Å². The van der Waals surface area contributed by atoms with Gasteiger partial charge in [0.05, 0.1) is 5.92 Å². The van der Waals surface area contributed by atoms with Crippen LogP contribution in [0.4, 0.5) is 0 Å². The van der Waals surface area contributed by atoms with Crippen molar-refractivity contribution in [2.45, 2.75) is 27.4 Å².